The number of hydrogen-bond acceptors (Lipinski definition) is 4. The van der Waals surface area contributed by atoms with Crippen molar-refractivity contribution < 1.29 is 0 Å². The Hall–Kier alpha value is -3.79. The number of nitrogens with zero attached hydrogens (tertiary/aromatic N) is 5. The highest BCUT2D eigenvalue weighted by Crippen LogP contribution is 2.21. The van der Waals surface area contributed by atoms with Gasteiger partial charge < -0.3 is 16.0 Å². The first-order valence-electron chi connectivity index (χ1n) is 10.3. The Balaban J connectivity index is 1.62. The topological polar surface area (TPSA) is 95.3 Å². The Morgan fingerprint density at radius 1 is 1.16 bits per heavy atom. The third-order valence-electron chi connectivity index (χ3n) is 4.94. The van der Waals surface area contributed by atoms with Crippen molar-refractivity contribution in [3.05, 3.63) is 77.0 Å². The predicted molar refractivity (Wildman–Crippen MR) is 125 cm³/mol. The Kier molecular flexibility index (Phi) is 7.28. The molecule has 0 aliphatic rings. The van der Waals surface area contributed by atoms with Gasteiger partial charge in [0.2, 0.25) is 0 Å². The van der Waals surface area contributed by atoms with E-state index in [-0.39, 0.29) is 0 Å². The zero-order valence-corrected chi connectivity index (χ0v) is 18.3. The second kappa shape index (κ2) is 10.3. The van der Waals surface area contributed by atoms with Crippen LogP contribution >= 0.6 is 0 Å². The van der Waals surface area contributed by atoms with Crippen LogP contribution in [0.2, 0.25) is 0 Å². The summed E-state index contributed by atoms with van der Waals surface area (Å²) < 4.78 is 1.65. The van der Waals surface area contributed by atoms with Gasteiger partial charge in [0, 0.05) is 20.6 Å². The van der Waals surface area contributed by atoms with Gasteiger partial charge in [-0.3, -0.25) is 0 Å². The van der Waals surface area contributed by atoms with Crippen LogP contribution in [-0.4, -0.2) is 41.3 Å². The smallest absolute Gasteiger partial charge is 0.193 e. The average Bonchev–Trinajstić information content (AvgIpc) is 3.09. The predicted octanol–water partition coefficient (Wildman–Crippen LogP) is 3.27. The highest BCUT2D eigenvalue weighted by Gasteiger charge is 2.16. The summed E-state index contributed by atoms with van der Waals surface area (Å²) in [5.41, 5.74) is 10.6. The molecule has 7 nitrogen and oxygen atoms in total. The molecule has 0 fully saturated rings. The monoisotopic (exact) mass is 415 g/mol. The SMILES string of the molecule is Cc1ccc(-n2nc(CCCNC(=NCc3ccccc3)N(C)C)c(C#N)c2N)cc1. The van der Waals surface area contributed by atoms with E-state index >= 15 is 0 Å². The number of aliphatic imine (C=N–C) groups is 1. The number of nitrogens with one attached hydrogen (secondary N) is 1. The van der Waals surface area contributed by atoms with E-state index in [1.54, 1.807) is 4.68 Å². The third-order valence-corrected chi connectivity index (χ3v) is 4.94. The molecule has 0 spiro atoms. The number of aryl methyl sites for hydroxylation is 2. The second-order valence-corrected chi connectivity index (χ2v) is 7.62. The normalized spacial score (nSPS) is 11.2. The molecule has 0 radical (unpaired) electrons. The minimum atomic E-state index is 0.382. The lowest BCUT2D eigenvalue weighted by Crippen LogP contribution is -2.37. The van der Waals surface area contributed by atoms with E-state index in [1.165, 1.54) is 5.56 Å². The molecule has 0 aliphatic heterocycles. The maximum atomic E-state index is 9.57. The summed E-state index contributed by atoms with van der Waals surface area (Å²) in [6.07, 6.45) is 1.45. The summed E-state index contributed by atoms with van der Waals surface area (Å²) >= 11 is 0. The highest BCUT2D eigenvalue weighted by molar-refractivity contribution is 5.79. The van der Waals surface area contributed by atoms with E-state index in [9.17, 15) is 5.26 Å². The zero-order valence-electron chi connectivity index (χ0n) is 18.3. The fourth-order valence-corrected chi connectivity index (χ4v) is 3.22. The van der Waals surface area contributed by atoms with Gasteiger partial charge >= 0.3 is 0 Å². The number of nitrogen functional groups attached to an aromatic ring is 1. The number of anilines is 1. The van der Waals surface area contributed by atoms with Crippen molar-refractivity contribution in [2.45, 2.75) is 26.3 Å². The molecule has 160 valence electrons. The third kappa shape index (κ3) is 5.64. The van der Waals surface area contributed by atoms with Crippen LogP contribution in [0, 0.1) is 18.3 Å². The number of guanidine groups is 1. The van der Waals surface area contributed by atoms with E-state index in [4.69, 9.17) is 5.73 Å². The summed E-state index contributed by atoms with van der Waals surface area (Å²) in [4.78, 5) is 6.64. The molecule has 3 rings (SSSR count). The van der Waals surface area contributed by atoms with Crippen molar-refractivity contribution in [2.24, 2.45) is 4.99 Å². The molecule has 0 aliphatic carbocycles. The molecule has 2 aromatic carbocycles. The van der Waals surface area contributed by atoms with E-state index in [2.05, 4.69) is 33.6 Å². The van der Waals surface area contributed by atoms with Gasteiger partial charge in [0.1, 0.15) is 17.5 Å². The number of nitriles is 1. The van der Waals surface area contributed by atoms with Gasteiger partial charge in [-0.2, -0.15) is 10.4 Å². The Bertz CT molecular complexity index is 1060. The van der Waals surface area contributed by atoms with E-state index in [0.29, 0.717) is 30.9 Å². The van der Waals surface area contributed by atoms with Crippen LogP contribution in [0.25, 0.3) is 5.69 Å². The van der Waals surface area contributed by atoms with Crippen molar-refractivity contribution in [3.63, 3.8) is 0 Å². The highest BCUT2D eigenvalue weighted by atomic mass is 15.3. The Morgan fingerprint density at radius 3 is 2.52 bits per heavy atom. The molecule has 3 N–H and O–H groups in total. The van der Waals surface area contributed by atoms with Crippen molar-refractivity contribution in [1.82, 2.24) is 20.0 Å². The zero-order chi connectivity index (χ0) is 22.2. The molecule has 0 unspecified atom stereocenters. The molecule has 1 aromatic heterocycles. The van der Waals surface area contributed by atoms with Gasteiger partial charge in [0.05, 0.1) is 17.9 Å². The average molecular weight is 416 g/mol. The van der Waals surface area contributed by atoms with Crippen LogP contribution in [0.3, 0.4) is 0 Å². The maximum Gasteiger partial charge on any atom is 0.193 e. The molecular weight excluding hydrogens is 386 g/mol. The summed E-state index contributed by atoms with van der Waals surface area (Å²) in [6, 6.07) is 20.3. The first-order chi connectivity index (χ1) is 15.0. The number of aromatic nitrogens is 2. The molecule has 3 aromatic rings. The van der Waals surface area contributed by atoms with Crippen LogP contribution in [-0.2, 0) is 13.0 Å². The Morgan fingerprint density at radius 2 is 1.87 bits per heavy atom. The van der Waals surface area contributed by atoms with Crippen LogP contribution < -0.4 is 11.1 Å². The minimum Gasteiger partial charge on any atom is -0.382 e. The number of hydrogen-bond donors (Lipinski definition) is 2. The van der Waals surface area contributed by atoms with Gasteiger partial charge in [-0.05, 0) is 37.5 Å². The van der Waals surface area contributed by atoms with Crippen molar-refractivity contribution in [2.75, 3.05) is 26.4 Å². The summed E-state index contributed by atoms with van der Waals surface area (Å²) in [7, 11) is 3.93. The van der Waals surface area contributed by atoms with Crippen LogP contribution in [0.5, 0.6) is 0 Å². The largest absolute Gasteiger partial charge is 0.382 e. The van der Waals surface area contributed by atoms with Gasteiger partial charge in [-0.1, -0.05) is 48.0 Å². The number of benzene rings is 2. The van der Waals surface area contributed by atoms with Crippen molar-refractivity contribution in [3.8, 4) is 11.8 Å². The molecule has 0 amide bonds. The lowest BCUT2D eigenvalue weighted by atomic mass is 10.1. The maximum absolute atomic E-state index is 9.57. The minimum absolute atomic E-state index is 0.382. The van der Waals surface area contributed by atoms with E-state index < -0.39 is 0 Å². The first-order valence-corrected chi connectivity index (χ1v) is 10.3. The van der Waals surface area contributed by atoms with E-state index in [0.717, 1.165) is 29.3 Å². The number of rotatable bonds is 7. The van der Waals surface area contributed by atoms with Crippen LogP contribution in [0.4, 0.5) is 5.82 Å². The van der Waals surface area contributed by atoms with Gasteiger partial charge in [-0.25, -0.2) is 9.67 Å². The molecule has 0 saturated carbocycles. The fraction of sp³-hybridized carbons (Fsp3) is 0.292. The van der Waals surface area contributed by atoms with Gasteiger partial charge in [-0.15, -0.1) is 0 Å². The molecule has 1 heterocycles. The fourth-order valence-electron chi connectivity index (χ4n) is 3.22. The molecule has 0 atom stereocenters. The molecule has 7 heteroatoms. The Labute approximate surface area is 183 Å². The van der Waals surface area contributed by atoms with Crippen molar-refractivity contribution in [1.29, 1.82) is 5.26 Å². The van der Waals surface area contributed by atoms with Crippen LogP contribution in [0.1, 0.15) is 28.8 Å². The summed E-state index contributed by atoms with van der Waals surface area (Å²) in [5, 5.41) is 17.6. The second-order valence-electron chi connectivity index (χ2n) is 7.62. The number of nitrogens with two attached hydrogens (primary N) is 1. The lowest BCUT2D eigenvalue weighted by Gasteiger charge is -2.17. The molecule has 31 heavy (non-hydrogen) atoms. The van der Waals surface area contributed by atoms with Crippen molar-refractivity contribution >= 4 is 11.8 Å². The standard InChI is InChI=1S/C24H29N7/c1-18-11-13-20(14-12-18)31-23(26)21(16-25)22(29-31)10-7-15-27-24(30(2)3)28-17-19-8-5-4-6-9-19/h4-6,8-9,11-14H,7,10,15,17,26H2,1-3H3,(H,27,28). The van der Waals surface area contributed by atoms with Gasteiger partial charge in [0.15, 0.2) is 5.96 Å². The quantitative estimate of drug-likeness (QED) is 0.351. The molecular formula is C24H29N7. The molecule has 0 saturated heterocycles. The summed E-state index contributed by atoms with van der Waals surface area (Å²) in [6.45, 7) is 3.37. The first kappa shape index (κ1) is 21.9. The lowest BCUT2D eigenvalue weighted by molar-refractivity contribution is 0.573. The van der Waals surface area contributed by atoms with E-state index in [1.807, 2.05) is 68.4 Å². The van der Waals surface area contributed by atoms with Gasteiger partial charge in [0.25, 0.3) is 0 Å². The summed E-state index contributed by atoms with van der Waals surface area (Å²) in [5.74, 6) is 1.21. The van der Waals surface area contributed by atoms with Crippen LogP contribution in [0.15, 0.2) is 59.6 Å². The molecule has 0 bridgehead atoms.